The number of fused-ring (bicyclic) bond motifs is 1. The number of pyridine rings is 1. The van der Waals surface area contributed by atoms with E-state index in [0.29, 0.717) is 11.2 Å². The number of hydrogen-bond donors (Lipinski definition) is 1. The third kappa shape index (κ3) is 3.56. The van der Waals surface area contributed by atoms with Crippen molar-refractivity contribution in [3.05, 3.63) is 83.8 Å². The monoisotopic (exact) mass is 380 g/mol. The van der Waals surface area contributed by atoms with Gasteiger partial charge in [-0.15, -0.1) is 10.2 Å². The summed E-state index contributed by atoms with van der Waals surface area (Å²) in [7, 11) is 0. The van der Waals surface area contributed by atoms with Crippen LogP contribution in [0.25, 0.3) is 5.65 Å². The molecule has 0 atom stereocenters. The van der Waals surface area contributed by atoms with Crippen molar-refractivity contribution in [2.24, 2.45) is 0 Å². The van der Waals surface area contributed by atoms with Crippen molar-refractivity contribution in [1.29, 1.82) is 0 Å². The summed E-state index contributed by atoms with van der Waals surface area (Å²) in [5.41, 5.74) is 1.96. The van der Waals surface area contributed by atoms with Crippen molar-refractivity contribution in [2.45, 2.75) is 9.79 Å². The van der Waals surface area contributed by atoms with E-state index in [0.717, 1.165) is 20.5 Å². The molecule has 2 aromatic carbocycles. The molecule has 0 saturated carbocycles. The number of benzene rings is 2. The molecule has 128 valence electrons. The SMILES string of the molecule is O=C(Nc1ccc(Sc2ccccc2Cl)cc1)c1ccc2nncn2c1. The van der Waals surface area contributed by atoms with Crippen molar-refractivity contribution in [2.75, 3.05) is 5.32 Å². The van der Waals surface area contributed by atoms with E-state index in [4.69, 9.17) is 11.6 Å². The topological polar surface area (TPSA) is 59.3 Å². The molecule has 1 N–H and O–H groups in total. The molecule has 4 aromatic rings. The lowest BCUT2D eigenvalue weighted by Gasteiger charge is -2.07. The van der Waals surface area contributed by atoms with Crippen LogP contribution in [-0.4, -0.2) is 20.5 Å². The van der Waals surface area contributed by atoms with E-state index < -0.39 is 0 Å². The van der Waals surface area contributed by atoms with Gasteiger partial charge in [-0.3, -0.25) is 9.20 Å². The predicted octanol–water partition coefficient (Wildman–Crippen LogP) is 4.79. The Labute approximate surface area is 159 Å². The van der Waals surface area contributed by atoms with Gasteiger partial charge >= 0.3 is 0 Å². The summed E-state index contributed by atoms with van der Waals surface area (Å²) in [4.78, 5) is 14.4. The smallest absolute Gasteiger partial charge is 0.257 e. The van der Waals surface area contributed by atoms with Gasteiger partial charge in [0.25, 0.3) is 5.91 Å². The Balaban J connectivity index is 1.46. The average molecular weight is 381 g/mol. The number of carbonyl (C=O) groups is 1. The van der Waals surface area contributed by atoms with Crippen LogP contribution in [0.15, 0.2) is 83.0 Å². The molecule has 2 aromatic heterocycles. The molecule has 0 unspecified atom stereocenters. The molecule has 0 radical (unpaired) electrons. The van der Waals surface area contributed by atoms with Crippen LogP contribution < -0.4 is 5.32 Å². The fourth-order valence-corrected chi connectivity index (χ4v) is 3.52. The van der Waals surface area contributed by atoms with Crippen LogP contribution in [0.5, 0.6) is 0 Å². The first-order valence-electron chi connectivity index (χ1n) is 7.82. The lowest BCUT2D eigenvalue weighted by atomic mass is 10.2. The Bertz CT molecular complexity index is 1080. The summed E-state index contributed by atoms with van der Waals surface area (Å²) in [6, 6.07) is 18.8. The first-order chi connectivity index (χ1) is 12.7. The molecule has 1 amide bonds. The lowest BCUT2D eigenvalue weighted by Crippen LogP contribution is -2.12. The highest BCUT2D eigenvalue weighted by atomic mass is 35.5. The number of aromatic nitrogens is 3. The number of rotatable bonds is 4. The highest BCUT2D eigenvalue weighted by Crippen LogP contribution is 2.33. The Kier molecular flexibility index (Phi) is 4.60. The van der Waals surface area contributed by atoms with E-state index in [1.54, 1.807) is 40.8 Å². The average Bonchev–Trinajstić information content (AvgIpc) is 3.13. The van der Waals surface area contributed by atoms with Gasteiger partial charge in [-0.2, -0.15) is 0 Å². The minimum atomic E-state index is -0.188. The summed E-state index contributed by atoms with van der Waals surface area (Å²) in [5.74, 6) is -0.188. The number of halogens is 1. The van der Waals surface area contributed by atoms with Gasteiger partial charge in [-0.05, 0) is 48.5 Å². The highest BCUT2D eigenvalue weighted by molar-refractivity contribution is 7.99. The Morgan fingerprint density at radius 2 is 1.85 bits per heavy atom. The molecule has 4 rings (SSSR count). The van der Waals surface area contributed by atoms with Crippen LogP contribution in [0.1, 0.15) is 10.4 Å². The fraction of sp³-hybridized carbons (Fsp3) is 0. The quantitative estimate of drug-likeness (QED) is 0.553. The van der Waals surface area contributed by atoms with Gasteiger partial charge in [-0.25, -0.2) is 0 Å². The Morgan fingerprint density at radius 3 is 2.65 bits per heavy atom. The second-order valence-electron chi connectivity index (χ2n) is 5.53. The zero-order valence-electron chi connectivity index (χ0n) is 13.5. The third-order valence-electron chi connectivity index (χ3n) is 3.73. The molecular weight excluding hydrogens is 368 g/mol. The number of anilines is 1. The first-order valence-corrected chi connectivity index (χ1v) is 9.02. The molecular formula is C19H13ClN4OS. The molecule has 0 aliphatic rings. The molecule has 0 aliphatic heterocycles. The van der Waals surface area contributed by atoms with E-state index in [1.165, 1.54) is 0 Å². The maximum Gasteiger partial charge on any atom is 0.257 e. The molecule has 0 aliphatic carbocycles. The van der Waals surface area contributed by atoms with Crippen LogP contribution in [0.2, 0.25) is 5.02 Å². The summed E-state index contributed by atoms with van der Waals surface area (Å²) in [6.07, 6.45) is 3.26. The molecule has 7 heteroatoms. The van der Waals surface area contributed by atoms with Crippen molar-refractivity contribution in [3.8, 4) is 0 Å². The number of nitrogens with one attached hydrogen (secondary N) is 1. The van der Waals surface area contributed by atoms with Gasteiger partial charge < -0.3 is 5.32 Å². The molecule has 0 bridgehead atoms. The number of amides is 1. The fourth-order valence-electron chi connectivity index (χ4n) is 2.43. The van der Waals surface area contributed by atoms with Gasteiger partial charge in [0.1, 0.15) is 6.33 Å². The highest BCUT2D eigenvalue weighted by Gasteiger charge is 2.08. The molecule has 26 heavy (non-hydrogen) atoms. The molecule has 0 saturated heterocycles. The standard InChI is InChI=1S/C19H13ClN4OS/c20-16-3-1-2-4-17(16)26-15-8-6-14(7-9-15)22-19(25)13-5-10-18-23-21-12-24(18)11-13/h1-12H,(H,22,25). The minimum absolute atomic E-state index is 0.188. The van der Waals surface area contributed by atoms with Gasteiger partial charge in [0, 0.05) is 21.7 Å². The maximum absolute atomic E-state index is 12.4. The normalized spacial score (nSPS) is 10.8. The lowest BCUT2D eigenvalue weighted by molar-refractivity contribution is 0.102. The number of hydrogen-bond acceptors (Lipinski definition) is 4. The van der Waals surface area contributed by atoms with Gasteiger partial charge in [0.2, 0.25) is 0 Å². The number of nitrogens with zero attached hydrogens (tertiary/aromatic N) is 3. The third-order valence-corrected chi connectivity index (χ3v) is 5.26. The minimum Gasteiger partial charge on any atom is -0.322 e. The van der Waals surface area contributed by atoms with Crippen LogP contribution >= 0.6 is 23.4 Å². The van der Waals surface area contributed by atoms with Crippen LogP contribution in [0.3, 0.4) is 0 Å². The van der Waals surface area contributed by atoms with Crippen LogP contribution in [-0.2, 0) is 0 Å². The van der Waals surface area contributed by atoms with Crippen LogP contribution in [0, 0.1) is 0 Å². The van der Waals surface area contributed by atoms with Crippen LogP contribution in [0.4, 0.5) is 5.69 Å². The first kappa shape index (κ1) is 16.6. The summed E-state index contributed by atoms with van der Waals surface area (Å²) >= 11 is 7.77. The van der Waals surface area contributed by atoms with E-state index in [2.05, 4.69) is 15.5 Å². The van der Waals surface area contributed by atoms with E-state index in [-0.39, 0.29) is 5.91 Å². The van der Waals surface area contributed by atoms with Crippen molar-refractivity contribution < 1.29 is 4.79 Å². The molecule has 0 fully saturated rings. The second-order valence-corrected chi connectivity index (χ2v) is 7.05. The second kappa shape index (κ2) is 7.19. The Morgan fingerprint density at radius 1 is 1.04 bits per heavy atom. The largest absolute Gasteiger partial charge is 0.322 e. The molecule has 5 nitrogen and oxygen atoms in total. The van der Waals surface area contributed by atoms with Crippen molar-refractivity contribution in [1.82, 2.24) is 14.6 Å². The van der Waals surface area contributed by atoms with Gasteiger partial charge in [-0.1, -0.05) is 35.5 Å². The van der Waals surface area contributed by atoms with Gasteiger partial charge in [0.15, 0.2) is 5.65 Å². The van der Waals surface area contributed by atoms with E-state index >= 15 is 0 Å². The zero-order chi connectivity index (χ0) is 17.9. The summed E-state index contributed by atoms with van der Waals surface area (Å²) in [6.45, 7) is 0. The van der Waals surface area contributed by atoms with E-state index in [1.807, 2.05) is 48.5 Å². The zero-order valence-corrected chi connectivity index (χ0v) is 15.0. The maximum atomic E-state index is 12.4. The molecule has 0 spiro atoms. The van der Waals surface area contributed by atoms with Gasteiger partial charge in [0.05, 0.1) is 10.6 Å². The van der Waals surface area contributed by atoms with E-state index in [9.17, 15) is 4.79 Å². The summed E-state index contributed by atoms with van der Waals surface area (Å²) in [5, 5.41) is 11.3. The Hall–Kier alpha value is -2.83. The van der Waals surface area contributed by atoms with Crippen molar-refractivity contribution in [3.63, 3.8) is 0 Å². The van der Waals surface area contributed by atoms with Crippen molar-refractivity contribution >= 4 is 40.6 Å². The summed E-state index contributed by atoms with van der Waals surface area (Å²) < 4.78 is 1.71. The number of carbonyl (C=O) groups excluding carboxylic acids is 1. The predicted molar refractivity (Wildman–Crippen MR) is 103 cm³/mol. The molecule has 2 heterocycles.